The summed E-state index contributed by atoms with van der Waals surface area (Å²) in [7, 11) is -4.03. The number of carbonyl (C=O) groups excluding carboxylic acids is 1. The van der Waals surface area contributed by atoms with Crippen LogP contribution in [0.4, 0.5) is 4.39 Å². The zero-order chi connectivity index (χ0) is 21.3. The third-order valence-corrected chi connectivity index (χ3v) is 8.45. The Morgan fingerprint density at radius 2 is 1.97 bits per heavy atom. The summed E-state index contributed by atoms with van der Waals surface area (Å²) in [4.78, 5) is 12.9. The van der Waals surface area contributed by atoms with Gasteiger partial charge in [-0.3, -0.25) is 4.79 Å². The Morgan fingerprint density at radius 3 is 2.73 bits per heavy atom. The van der Waals surface area contributed by atoms with Crippen molar-refractivity contribution in [2.24, 2.45) is 21.1 Å². The number of ketones is 1. The molecular weight excluding hydrogens is 407 g/mol. The van der Waals surface area contributed by atoms with E-state index in [0.29, 0.717) is 37.2 Å². The molecule has 0 unspecified atom stereocenters. The molecule has 1 fully saturated rings. The second-order valence-electron chi connectivity index (χ2n) is 9.25. The van der Waals surface area contributed by atoms with Crippen molar-refractivity contribution >= 4 is 15.8 Å². The largest absolute Gasteiger partial charge is 0.342 e. The van der Waals surface area contributed by atoms with Crippen LogP contribution in [-0.4, -0.2) is 38.1 Å². The van der Waals surface area contributed by atoms with Crippen molar-refractivity contribution in [1.82, 2.24) is 9.62 Å². The molecule has 30 heavy (non-hydrogen) atoms. The van der Waals surface area contributed by atoms with Crippen molar-refractivity contribution in [3.05, 3.63) is 52.7 Å². The monoisotopic (exact) mass is 430 g/mol. The molecule has 1 aromatic rings. The lowest BCUT2D eigenvalue weighted by Crippen LogP contribution is -2.45. The summed E-state index contributed by atoms with van der Waals surface area (Å²) >= 11 is 0. The SMILES string of the molecule is CC1(C)CC(=O)C2=C(C1)NC1=C(CN=N1)[C@@]21CCN(S(=O)(=O)c2ccccc2F)C1. The highest BCUT2D eigenvalue weighted by Gasteiger charge is 2.56. The van der Waals surface area contributed by atoms with Gasteiger partial charge >= 0.3 is 0 Å². The van der Waals surface area contributed by atoms with E-state index in [9.17, 15) is 17.6 Å². The van der Waals surface area contributed by atoms with Crippen molar-refractivity contribution < 1.29 is 17.6 Å². The number of fused-ring (bicyclic) bond motifs is 2. The number of benzene rings is 1. The van der Waals surface area contributed by atoms with E-state index in [1.807, 2.05) is 13.8 Å². The molecule has 1 N–H and O–H groups in total. The molecule has 1 spiro atoms. The fourth-order valence-corrected chi connectivity index (χ4v) is 6.86. The van der Waals surface area contributed by atoms with Gasteiger partial charge in [-0.25, -0.2) is 12.8 Å². The summed E-state index contributed by atoms with van der Waals surface area (Å²) in [5.74, 6) is -0.105. The summed E-state index contributed by atoms with van der Waals surface area (Å²) in [5.41, 5.74) is 1.40. The van der Waals surface area contributed by atoms with E-state index in [2.05, 4.69) is 15.5 Å². The number of Topliss-reactive ketones (excluding diaryl/α,β-unsaturated/α-hetero) is 1. The topological polar surface area (TPSA) is 91.2 Å². The zero-order valence-electron chi connectivity index (χ0n) is 16.9. The Hall–Kier alpha value is -2.39. The predicted molar refractivity (Wildman–Crippen MR) is 107 cm³/mol. The first-order chi connectivity index (χ1) is 14.1. The Morgan fingerprint density at radius 1 is 1.20 bits per heavy atom. The smallest absolute Gasteiger partial charge is 0.246 e. The van der Waals surface area contributed by atoms with Crippen LogP contribution in [0.15, 0.2) is 62.1 Å². The van der Waals surface area contributed by atoms with E-state index in [1.54, 1.807) is 0 Å². The first-order valence-electron chi connectivity index (χ1n) is 10.0. The lowest BCUT2D eigenvalue weighted by molar-refractivity contribution is -0.119. The molecule has 0 bridgehead atoms. The average Bonchev–Trinajstić information content (AvgIpc) is 3.29. The molecule has 0 aromatic heterocycles. The van der Waals surface area contributed by atoms with Crippen LogP contribution in [0.3, 0.4) is 0 Å². The number of dihydropyridines is 1. The summed E-state index contributed by atoms with van der Waals surface area (Å²) in [5, 5.41) is 11.7. The van der Waals surface area contributed by atoms with Gasteiger partial charge < -0.3 is 5.32 Å². The minimum Gasteiger partial charge on any atom is -0.342 e. The number of nitrogens with zero attached hydrogens (tertiary/aromatic N) is 3. The van der Waals surface area contributed by atoms with Gasteiger partial charge in [0.15, 0.2) is 11.6 Å². The van der Waals surface area contributed by atoms with Gasteiger partial charge in [0, 0.05) is 41.8 Å². The molecule has 3 heterocycles. The van der Waals surface area contributed by atoms with Crippen LogP contribution in [0.2, 0.25) is 0 Å². The van der Waals surface area contributed by atoms with Gasteiger partial charge in [-0.2, -0.15) is 9.42 Å². The standard InChI is InChI=1S/C21H23FN4O3S/c1-20(2)9-15-18(16(27)10-20)21(13-11-23-25-19(13)24-15)7-8-26(12-21)30(28,29)17-6-4-3-5-14(17)22/h3-6,24H,7-12H2,1-2H3/t21-/m0/s1. The second kappa shape index (κ2) is 6.31. The Balaban J connectivity index is 1.60. The number of halogens is 1. The third-order valence-electron chi connectivity index (χ3n) is 6.57. The van der Waals surface area contributed by atoms with Gasteiger partial charge in [0.05, 0.1) is 6.54 Å². The maximum atomic E-state index is 14.3. The fraction of sp³-hybridized carbons (Fsp3) is 0.476. The Bertz CT molecular complexity index is 1170. The van der Waals surface area contributed by atoms with Crippen LogP contribution in [0.1, 0.15) is 33.1 Å². The Kier molecular flexibility index (Phi) is 4.11. The molecular formula is C21H23FN4O3S. The van der Waals surface area contributed by atoms with E-state index in [1.165, 1.54) is 22.5 Å². The van der Waals surface area contributed by atoms with E-state index in [0.717, 1.165) is 17.3 Å². The maximum absolute atomic E-state index is 14.3. The molecule has 7 nitrogen and oxygen atoms in total. The van der Waals surface area contributed by atoms with Crippen LogP contribution in [0.5, 0.6) is 0 Å². The summed E-state index contributed by atoms with van der Waals surface area (Å²) in [6.07, 6.45) is 1.55. The lowest BCUT2D eigenvalue weighted by Gasteiger charge is -2.43. The summed E-state index contributed by atoms with van der Waals surface area (Å²) < 4.78 is 42.0. The maximum Gasteiger partial charge on any atom is 0.246 e. The molecule has 1 aromatic carbocycles. The van der Waals surface area contributed by atoms with Crippen molar-refractivity contribution in [2.45, 2.75) is 38.0 Å². The molecule has 5 rings (SSSR count). The van der Waals surface area contributed by atoms with Crippen molar-refractivity contribution in [1.29, 1.82) is 0 Å². The predicted octanol–water partition coefficient (Wildman–Crippen LogP) is 3.13. The van der Waals surface area contributed by atoms with Crippen molar-refractivity contribution in [3.63, 3.8) is 0 Å². The van der Waals surface area contributed by atoms with Crippen LogP contribution in [0.25, 0.3) is 0 Å². The number of rotatable bonds is 2. The minimum atomic E-state index is -4.03. The van der Waals surface area contributed by atoms with E-state index in [-0.39, 0.29) is 29.2 Å². The summed E-state index contributed by atoms with van der Waals surface area (Å²) in [6, 6.07) is 5.40. The van der Waals surface area contributed by atoms with Gasteiger partial charge in [0.1, 0.15) is 10.7 Å². The third kappa shape index (κ3) is 2.71. The molecule has 1 atom stereocenters. The molecule has 4 aliphatic rings. The number of nitrogens with one attached hydrogen (secondary N) is 1. The summed E-state index contributed by atoms with van der Waals surface area (Å²) in [6.45, 7) is 4.74. The lowest BCUT2D eigenvalue weighted by atomic mass is 9.63. The molecule has 158 valence electrons. The van der Waals surface area contributed by atoms with Crippen LogP contribution >= 0.6 is 0 Å². The van der Waals surface area contributed by atoms with Crippen LogP contribution in [-0.2, 0) is 14.8 Å². The molecule has 1 aliphatic carbocycles. The number of hydrogen-bond donors (Lipinski definition) is 1. The van der Waals surface area contributed by atoms with Gasteiger partial charge in [0.2, 0.25) is 10.0 Å². The van der Waals surface area contributed by atoms with E-state index in [4.69, 9.17) is 0 Å². The fourth-order valence-electron chi connectivity index (χ4n) is 5.29. The van der Waals surface area contributed by atoms with Gasteiger partial charge in [-0.05, 0) is 30.4 Å². The average molecular weight is 431 g/mol. The number of carbonyl (C=O) groups is 1. The van der Waals surface area contributed by atoms with Crippen molar-refractivity contribution in [2.75, 3.05) is 19.6 Å². The number of sulfonamides is 1. The number of allylic oxidation sites excluding steroid dienone is 1. The molecule has 0 saturated carbocycles. The highest BCUT2D eigenvalue weighted by Crippen LogP contribution is 2.54. The number of azo groups is 1. The van der Waals surface area contributed by atoms with Crippen LogP contribution < -0.4 is 5.32 Å². The zero-order valence-corrected chi connectivity index (χ0v) is 17.7. The molecule has 9 heteroatoms. The molecule has 3 aliphatic heterocycles. The van der Waals surface area contributed by atoms with Crippen molar-refractivity contribution in [3.8, 4) is 0 Å². The second-order valence-corrected chi connectivity index (χ2v) is 11.2. The number of hydrogen-bond acceptors (Lipinski definition) is 6. The van der Waals surface area contributed by atoms with Gasteiger partial charge in [-0.15, -0.1) is 5.11 Å². The van der Waals surface area contributed by atoms with Crippen LogP contribution in [0, 0.1) is 16.6 Å². The highest BCUT2D eigenvalue weighted by atomic mass is 32.2. The Labute approximate surface area is 174 Å². The molecule has 0 radical (unpaired) electrons. The highest BCUT2D eigenvalue weighted by molar-refractivity contribution is 7.89. The van der Waals surface area contributed by atoms with Gasteiger partial charge in [0.25, 0.3) is 0 Å². The molecule has 0 amide bonds. The normalized spacial score (nSPS) is 28.2. The van der Waals surface area contributed by atoms with E-state index < -0.39 is 21.3 Å². The first kappa shape index (κ1) is 19.6. The quantitative estimate of drug-likeness (QED) is 0.780. The molecule has 1 saturated heterocycles. The minimum absolute atomic E-state index is 0.0392. The van der Waals surface area contributed by atoms with Gasteiger partial charge in [-0.1, -0.05) is 26.0 Å². The first-order valence-corrected chi connectivity index (χ1v) is 11.5. The van der Waals surface area contributed by atoms with E-state index >= 15 is 0 Å².